The van der Waals surface area contributed by atoms with E-state index in [1.54, 1.807) is 24.1 Å². The molecule has 0 aliphatic heterocycles. The summed E-state index contributed by atoms with van der Waals surface area (Å²) in [6, 6.07) is 21.6. The van der Waals surface area contributed by atoms with Crippen LogP contribution >= 0.6 is 0 Å². The van der Waals surface area contributed by atoms with Gasteiger partial charge in [0, 0.05) is 11.9 Å². The Kier molecular flexibility index (Phi) is 6.53. The number of fused-ring (bicyclic) bond motifs is 1. The largest absolute Gasteiger partial charge is 0.494 e. The molecular weight excluding hydrogens is 476 g/mol. The van der Waals surface area contributed by atoms with Gasteiger partial charge in [0.05, 0.1) is 18.4 Å². The molecule has 0 radical (unpaired) electrons. The summed E-state index contributed by atoms with van der Waals surface area (Å²) in [6.07, 6.45) is 1.71. The summed E-state index contributed by atoms with van der Waals surface area (Å²) in [6.45, 7) is 10.7. The fourth-order valence-corrected chi connectivity index (χ4v) is 4.56. The summed E-state index contributed by atoms with van der Waals surface area (Å²) in [5.41, 5.74) is 5.97. The quantitative estimate of drug-likeness (QED) is 0.279. The van der Waals surface area contributed by atoms with Gasteiger partial charge in [0.15, 0.2) is 11.4 Å². The van der Waals surface area contributed by atoms with Crippen LogP contribution in [0.15, 0.2) is 77.7 Å². The molecule has 0 unspecified atom stereocenters. The highest BCUT2D eigenvalue weighted by Crippen LogP contribution is 2.28. The lowest BCUT2D eigenvalue weighted by atomic mass is 9.87. The molecule has 0 bridgehead atoms. The Balaban J connectivity index is 1.49. The van der Waals surface area contributed by atoms with Crippen molar-refractivity contribution in [2.24, 2.45) is 0 Å². The molecule has 5 rings (SSSR count). The zero-order valence-corrected chi connectivity index (χ0v) is 22.6. The van der Waals surface area contributed by atoms with Gasteiger partial charge in [-0.05, 0) is 60.7 Å². The molecule has 0 fully saturated rings. The molecule has 3 aromatic heterocycles. The van der Waals surface area contributed by atoms with Gasteiger partial charge in [0.2, 0.25) is 0 Å². The van der Waals surface area contributed by atoms with E-state index in [2.05, 4.69) is 45.0 Å². The number of benzene rings is 2. The summed E-state index contributed by atoms with van der Waals surface area (Å²) in [5, 5.41) is 4.76. The van der Waals surface area contributed by atoms with E-state index in [0.29, 0.717) is 40.7 Å². The van der Waals surface area contributed by atoms with Crippen molar-refractivity contribution < 1.29 is 9.47 Å². The number of nitrogens with zero attached hydrogens (tertiary/aromatic N) is 4. The Labute approximate surface area is 222 Å². The molecule has 0 atom stereocenters. The van der Waals surface area contributed by atoms with Gasteiger partial charge in [-0.2, -0.15) is 5.10 Å². The van der Waals surface area contributed by atoms with Crippen LogP contribution < -0.4 is 15.0 Å². The first-order valence-electron chi connectivity index (χ1n) is 12.6. The van der Waals surface area contributed by atoms with Crippen LogP contribution in [-0.4, -0.2) is 26.3 Å². The predicted molar refractivity (Wildman–Crippen MR) is 150 cm³/mol. The molecule has 3 heterocycles. The zero-order valence-electron chi connectivity index (χ0n) is 22.6. The topological polar surface area (TPSA) is 70.7 Å². The van der Waals surface area contributed by atoms with Gasteiger partial charge in [0.25, 0.3) is 5.56 Å². The second kappa shape index (κ2) is 9.82. The second-order valence-corrected chi connectivity index (χ2v) is 10.4. The van der Waals surface area contributed by atoms with Crippen LogP contribution in [0.4, 0.5) is 0 Å². The lowest BCUT2D eigenvalue weighted by molar-refractivity contribution is 0.307. The molecule has 0 saturated heterocycles. The number of pyridine rings is 1. The standard InChI is InChI=1S/C31H32N4O3/c1-20-18-24(33-35(20)25-10-7-8-11-26(25)37-6)28-21(2)32-29-27(12-9-17-34(29)30(28)36)38-19-22-13-15-23(16-14-22)31(3,4)5/h7-18H,19H2,1-6H3. The summed E-state index contributed by atoms with van der Waals surface area (Å²) < 4.78 is 15.0. The van der Waals surface area contributed by atoms with Crippen molar-refractivity contribution in [3.05, 3.63) is 106 Å². The third-order valence-electron chi connectivity index (χ3n) is 6.67. The summed E-state index contributed by atoms with van der Waals surface area (Å²) in [7, 11) is 1.63. The van der Waals surface area contributed by atoms with Crippen molar-refractivity contribution >= 4 is 5.65 Å². The average molecular weight is 509 g/mol. The number of ether oxygens (including phenoxy) is 2. The molecule has 0 amide bonds. The molecule has 5 aromatic rings. The van der Waals surface area contributed by atoms with E-state index in [1.165, 1.54) is 9.96 Å². The average Bonchev–Trinajstić information content (AvgIpc) is 3.27. The molecule has 7 heteroatoms. The fourth-order valence-electron chi connectivity index (χ4n) is 4.56. The molecule has 0 spiro atoms. The molecule has 0 aliphatic rings. The van der Waals surface area contributed by atoms with Crippen LogP contribution in [0.2, 0.25) is 0 Å². The molecule has 2 aromatic carbocycles. The number of aryl methyl sites for hydroxylation is 2. The Morgan fingerprint density at radius 3 is 2.34 bits per heavy atom. The van der Waals surface area contributed by atoms with Gasteiger partial charge in [-0.25, -0.2) is 9.67 Å². The highest BCUT2D eigenvalue weighted by molar-refractivity contribution is 5.66. The SMILES string of the molecule is COc1ccccc1-n1nc(-c2c(C)nc3c(OCc4ccc(C(C)(C)C)cc4)cccn3c2=O)cc1C. The summed E-state index contributed by atoms with van der Waals surface area (Å²) >= 11 is 0. The van der Waals surface area contributed by atoms with Crippen molar-refractivity contribution in [1.29, 1.82) is 0 Å². The first-order valence-corrected chi connectivity index (χ1v) is 12.6. The highest BCUT2D eigenvalue weighted by atomic mass is 16.5. The van der Waals surface area contributed by atoms with Gasteiger partial charge in [-0.15, -0.1) is 0 Å². The molecule has 194 valence electrons. The number of para-hydroxylation sites is 2. The van der Waals surface area contributed by atoms with Crippen LogP contribution in [0.1, 0.15) is 43.3 Å². The maximum Gasteiger partial charge on any atom is 0.267 e. The van der Waals surface area contributed by atoms with Crippen LogP contribution in [0, 0.1) is 13.8 Å². The van der Waals surface area contributed by atoms with Gasteiger partial charge < -0.3 is 9.47 Å². The third-order valence-corrected chi connectivity index (χ3v) is 6.67. The van der Waals surface area contributed by atoms with Crippen LogP contribution in [0.5, 0.6) is 11.5 Å². The van der Waals surface area contributed by atoms with Crippen molar-refractivity contribution in [2.45, 2.75) is 46.6 Å². The lowest BCUT2D eigenvalue weighted by Gasteiger charge is -2.19. The molecule has 7 nitrogen and oxygen atoms in total. The van der Waals surface area contributed by atoms with Crippen LogP contribution in [0.25, 0.3) is 22.6 Å². The number of aromatic nitrogens is 4. The summed E-state index contributed by atoms with van der Waals surface area (Å²) in [4.78, 5) is 18.5. The van der Waals surface area contributed by atoms with Gasteiger partial charge in [-0.3, -0.25) is 9.20 Å². The number of rotatable bonds is 6. The minimum atomic E-state index is -0.197. The first kappa shape index (κ1) is 25.3. The maximum atomic E-state index is 13.7. The molecule has 0 saturated carbocycles. The van der Waals surface area contributed by atoms with Crippen LogP contribution in [0.3, 0.4) is 0 Å². The molecule has 0 N–H and O–H groups in total. The second-order valence-electron chi connectivity index (χ2n) is 10.4. The van der Waals surface area contributed by atoms with E-state index in [4.69, 9.17) is 19.6 Å². The van der Waals surface area contributed by atoms with Gasteiger partial charge >= 0.3 is 0 Å². The van der Waals surface area contributed by atoms with Crippen molar-refractivity contribution in [2.75, 3.05) is 7.11 Å². The van der Waals surface area contributed by atoms with Gasteiger partial charge in [-0.1, -0.05) is 57.2 Å². The highest BCUT2D eigenvalue weighted by Gasteiger charge is 2.19. The number of methoxy groups -OCH3 is 1. The molecule has 38 heavy (non-hydrogen) atoms. The van der Waals surface area contributed by atoms with Crippen LogP contribution in [-0.2, 0) is 12.0 Å². The van der Waals surface area contributed by atoms with E-state index in [-0.39, 0.29) is 11.0 Å². The van der Waals surface area contributed by atoms with E-state index < -0.39 is 0 Å². The van der Waals surface area contributed by atoms with E-state index in [0.717, 1.165) is 16.9 Å². The summed E-state index contributed by atoms with van der Waals surface area (Å²) in [5.74, 6) is 1.25. The number of hydrogen-bond donors (Lipinski definition) is 0. The fraction of sp³-hybridized carbons (Fsp3) is 0.258. The van der Waals surface area contributed by atoms with Crippen molar-refractivity contribution in [1.82, 2.24) is 19.2 Å². The zero-order chi connectivity index (χ0) is 27.0. The Bertz CT molecular complexity index is 1680. The minimum Gasteiger partial charge on any atom is -0.494 e. The Morgan fingerprint density at radius 1 is 0.921 bits per heavy atom. The van der Waals surface area contributed by atoms with Gasteiger partial charge in [0.1, 0.15) is 23.7 Å². The van der Waals surface area contributed by atoms with E-state index in [9.17, 15) is 4.79 Å². The smallest absolute Gasteiger partial charge is 0.267 e. The Hall–Kier alpha value is -4.39. The maximum absolute atomic E-state index is 13.7. The lowest BCUT2D eigenvalue weighted by Crippen LogP contribution is -2.19. The normalized spacial score (nSPS) is 11.6. The molecule has 0 aliphatic carbocycles. The first-order chi connectivity index (χ1) is 18.2. The Morgan fingerprint density at radius 2 is 1.63 bits per heavy atom. The predicted octanol–water partition coefficient (Wildman–Crippen LogP) is 6.05. The van der Waals surface area contributed by atoms with Crippen molar-refractivity contribution in [3.63, 3.8) is 0 Å². The third kappa shape index (κ3) is 4.67. The monoisotopic (exact) mass is 508 g/mol. The van der Waals surface area contributed by atoms with E-state index in [1.807, 2.05) is 50.2 Å². The minimum absolute atomic E-state index is 0.0941. The molecular formula is C31H32N4O3. The van der Waals surface area contributed by atoms with Crippen molar-refractivity contribution in [3.8, 4) is 28.4 Å². The number of hydrogen-bond acceptors (Lipinski definition) is 5. The van der Waals surface area contributed by atoms with E-state index >= 15 is 0 Å².